The van der Waals surface area contributed by atoms with Crippen molar-refractivity contribution in [3.05, 3.63) is 29.3 Å². The lowest BCUT2D eigenvalue weighted by molar-refractivity contribution is -0.148. The van der Waals surface area contributed by atoms with Crippen molar-refractivity contribution in [2.24, 2.45) is 0 Å². The van der Waals surface area contributed by atoms with Gasteiger partial charge in [-0.3, -0.25) is 10.1 Å². The molecule has 1 aromatic carbocycles. The Balaban J connectivity index is 1.81. The van der Waals surface area contributed by atoms with E-state index in [1.165, 1.54) is 19.2 Å². The van der Waals surface area contributed by atoms with Gasteiger partial charge in [-0.05, 0) is 26.0 Å². The number of carbonyl (C=O) groups excluding carboxylic acids is 1. The number of rotatable bonds is 13. The molecule has 0 atom stereocenters. The van der Waals surface area contributed by atoms with Gasteiger partial charge in [0.25, 0.3) is 0 Å². The first-order valence-corrected chi connectivity index (χ1v) is 10.2. The van der Waals surface area contributed by atoms with Gasteiger partial charge in [-0.15, -0.1) is 0 Å². The molecule has 0 heterocycles. The number of methoxy groups -OCH3 is 2. The third kappa shape index (κ3) is 6.60. The molecule has 0 spiro atoms. The monoisotopic (exact) mass is 429 g/mol. The van der Waals surface area contributed by atoms with Crippen molar-refractivity contribution in [2.45, 2.75) is 37.8 Å². The third-order valence-electron chi connectivity index (χ3n) is 5.44. The zero-order valence-electron chi connectivity index (χ0n) is 18.1. The number of ether oxygens (including phenoxy) is 3. The summed E-state index contributed by atoms with van der Waals surface area (Å²) in [6.07, 6.45) is 3.31. The SMILES string of the molecule is COCCN(C)CCOc1ccc(CNCNC2(C(=O)OC)CCCC2)c(F)c1F. The second-order valence-corrected chi connectivity index (χ2v) is 7.56. The Hall–Kier alpha value is -1.81. The van der Waals surface area contributed by atoms with Crippen LogP contribution in [-0.2, 0) is 20.8 Å². The maximum Gasteiger partial charge on any atom is 0.326 e. The summed E-state index contributed by atoms with van der Waals surface area (Å²) >= 11 is 0. The van der Waals surface area contributed by atoms with Gasteiger partial charge in [0.15, 0.2) is 11.6 Å². The Kier molecular flexibility index (Phi) is 9.90. The van der Waals surface area contributed by atoms with Crippen LogP contribution in [0.3, 0.4) is 0 Å². The molecule has 0 saturated heterocycles. The van der Waals surface area contributed by atoms with E-state index < -0.39 is 17.2 Å². The van der Waals surface area contributed by atoms with Gasteiger partial charge in [0.1, 0.15) is 12.1 Å². The van der Waals surface area contributed by atoms with Crippen LogP contribution in [0, 0.1) is 11.6 Å². The maximum atomic E-state index is 14.4. The molecule has 1 fully saturated rings. The van der Waals surface area contributed by atoms with Crippen molar-refractivity contribution in [2.75, 3.05) is 54.2 Å². The van der Waals surface area contributed by atoms with Crippen LogP contribution in [0.15, 0.2) is 12.1 Å². The summed E-state index contributed by atoms with van der Waals surface area (Å²) in [7, 11) is 4.90. The highest BCUT2D eigenvalue weighted by molar-refractivity contribution is 5.81. The average molecular weight is 430 g/mol. The second kappa shape index (κ2) is 12.1. The molecule has 170 valence electrons. The molecule has 1 aromatic rings. The van der Waals surface area contributed by atoms with Gasteiger partial charge in [-0.25, -0.2) is 4.39 Å². The molecule has 0 aromatic heterocycles. The van der Waals surface area contributed by atoms with Crippen LogP contribution in [0.1, 0.15) is 31.2 Å². The van der Waals surface area contributed by atoms with E-state index in [0.29, 0.717) is 26.0 Å². The van der Waals surface area contributed by atoms with E-state index in [2.05, 4.69) is 10.6 Å². The number of carbonyl (C=O) groups is 1. The topological polar surface area (TPSA) is 72.1 Å². The predicted octanol–water partition coefficient (Wildman–Crippen LogP) is 2.04. The first-order chi connectivity index (χ1) is 14.4. The number of hydrogen-bond donors (Lipinski definition) is 2. The highest BCUT2D eigenvalue weighted by Gasteiger charge is 2.41. The van der Waals surface area contributed by atoms with Crippen LogP contribution in [0.4, 0.5) is 8.78 Å². The van der Waals surface area contributed by atoms with Crippen LogP contribution in [0.5, 0.6) is 5.75 Å². The van der Waals surface area contributed by atoms with Gasteiger partial charge in [0, 0.05) is 39.0 Å². The summed E-state index contributed by atoms with van der Waals surface area (Å²) in [5, 5.41) is 6.19. The van der Waals surface area contributed by atoms with Crippen LogP contribution >= 0.6 is 0 Å². The summed E-state index contributed by atoms with van der Waals surface area (Å²) in [5.41, 5.74) is -0.503. The molecule has 1 aliphatic rings. The Labute approximate surface area is 177 Å². The number of nitrogens with one attached hydrogen (secondary N) is 2. The summed E-state index contributed by atoms with van der Waals surface area (Å²) in [6, 6.07) is 2.94. The van der Waals surface area contributed by atoms with E-state index in [-0.39, 0.29) is 37.1 Å². The fraction of sp³-hybridized carbons (Fsp3) is 0.667. The first-order valence-electron chi connectivity index (χ1n) is 10.2. The largest absolute Gasteiger partial charge is 0.489 e. The standard InChI is InChI=1S/C21H33F2N3O4/c1-26(10-12-28-2)11-13-30-17-7-6-16(18(22)19(17)23)14-24-15-25-21(20(27)29-3)8-4-5-9-21/h6-7,24-25H,4-5,8-15H2,1-3H3. The molecule has 0 bridgehead atoms. The fourth-order valence-corrected chi connectivity index (χ4v) is 3.55. The quantitative estimate of drug-likeness (QED) is 0.282. The van der Waals surface area contributed by atoms with Crippen molar-refractivity contribution in [1.82, 2.24) is 15.5 Å². The predicted molar refractivity (Wildman–Crippen MR) is 109 cm³/mol. The van der Waals surface area contributed by atoms with E-state index >= 15 is 0 Å². The number of esters is 1. The van der Waals surface area contributed by atoms with Gasteiger partial charge >= 0.3 is 5.97 Å². The molecule has 2 rings (SSSR count). The molecule has 30 heavy (non-hydrogen) atoms. The molecule has 0 unspecified atom stereocenters. The summed E-state index contributed by atoms with van der Waals surface area (Å²) in [6.45, 7) is 2.54. The van der Waals surface area contributed by atoms with Crippen LogP contribution in [0.25, 0.3) is 0 Å². The fourth-order valence-electron chi connectivity index (χ4n) is 3.55. The lowest BCUT2D eigenvalue weighted by Gasteiger charge is -2.27. The molecule has 7 nitrogen and oxygen atoms in total. The van der Waals surface area contributed by atoms with E-state index in [4.69, 9.17) is 14.2 Å². The first kappa shape index (κ1) is 24.5. The van der Waals surface area contributed by atoms with E-state index in [1.807, 2.05) is 11.9 Å². The van der Waals surface area contributed by atoms with E-state index in [1.54, 1.807) is 7.11 Å². The van der Waals surface area contributed by atoms with Crippen LogP contribution in [-0.4, -0.2) is 70.6 Å². The lowest BCUT2D eigenvalue weighted by atomic mass is 9.98. The highest BCUT2D eigenvalue weighted by atomic mass is 19.2. The number of halogens is 2. The van der Waals surface area contributed by atoms with Crippen molar-refractivity contribution in [3.8, 4) is 5.75 Å². The normalized spacial score (nSPS) is 15.5. The van der Waals surface area contributed by atoms with Gasteiger partial charge < -0.3 is 24.4 Å². The molecule has 0 aliphatic heterocycles. The Bertz CT molecular complexity index is 684. The molecule has 0 amide bonds. The minimum Gasteiger partial charge on any atom is -0.489 e. The van der Waals surface area contributed by atoms with E-state index in [0.717, 1.165) is 19.4 Å². The van der Waals surface area contributed by atoms with Crippen LogP contribution in [0.2, 0.25) is 0 Å². The summed E-state index contributed by atoms with van der Waals surface area (Å²) in [4.78, 5) is 14.1. The molecular weight excluding hydrogens is 396 g/mol. The highest BCUT2D eigenvalue weighted by Crippen LogP contribution is 2.30. The molecular formula is C21H33F2N3O4. The average Bonchev–Trinajstić information content (AvgIpc) is 3.23. The number of nitrogens with zero attached hydrogens (tertiary/aromatic N) is 1. The maximum absolute atomic E-state index is 14.4. The van der Waals surface area contributed by atoms with Crippen LogP contribution < -0.4 is 15.4 Å². The number of hydrogen-bond acceptors (Lipinski definition) is 7. The number of benzene rings is 1. The molecule has 2 N–H and O–H groups in total. The van der Waals surface area contributed by atoms with Crippen molar-refractivity contribution < 1.29 is 27.8 Å². The molecule has 1 aliphatic carbocycles. The third-order valence-corrected chi connectivity index (χ3v) is 5.44. The Morgan fingerprint density at radius 2 is 1.83 bits per heavy atom. The van der Waals surface area contributed by atoms with Crippen molar-refractivity contribution >= 4 is 5.97 Å². The Morgan fingerprint density at radius 3 is 2.50 bits per heavy atom. The Morgan fingerprint density at radius 1 is 1.13 bits per heavy atom. The smallest absolute Gasteiger partial charge is 0.326 e. The lowest BCUT2D eigenvalue weighted by Crippen LogP contribution is -2.53. The molecule has 9 heteroatoms. The van der Waals surface area contributed by atoms with E-state index in [9.17, 15) is 13.6 Å². The van der Waals surface area contributed by atoms with Gasteiger partial charge in [-0.2, -0.15) is 4.39 Å². The van der Waals surface area contributed by atoms with Crippen molar-refractivity contribution in [1.29, 1.82) is 0 Å². The second-order valence-electron chi connectivity index (χ2n) is 7.56. The summed E-state index contributed by atoms with van der Waals surface area (Å²) in [5.74, 6) is -2.32. The zero-order valence-corrected chi connectivity index (χ0v) is 18.1. The van der Waals surface area contributed by atoms with Gasteiger partial charge in [-0.1, -0.05) is 18.9 Å². The minimum absolute atomic E-state index is 0.106. The molecule has 1 saturated carbocycles. The summed E-state index contributed by atoms with van der Waals surface area (Å²) < 4.78 is 44.0. The van der Waals surface area contributed by atoms with Crippen molar-refractivity contribution in [3.63, 3.8) is 0 Å². The van der Waals surface area contributed by atoms with Gasteiger partial charge in [0.2, 0.25) is 5.82 Å². The van der Waals surface area contributed by atoms with Gasteiger partial charge in [0.05, 0.1) is 13.7 Å². The zero-order chi connectivity index (χ0) is 22.0. The number of likely N-dealkylation sites (N-methyl/N-ethyl adjacent to an activating group) is 1. The molecule has 0 radical (unpaired) electrons. The minimum atomic E-state index is -0.997.